The van der Waals surface area contributed by atoms with Crippen molar-refractivity contribution in [1.29, 1.82) is 0 Å². The summed E-state index contributed by atoms with van der Waals surface area (Å²) in [4.78, 5) is 25.2. The van der Waals surface area contributed by atoms with Crippen LogP contribution in [0.2, 0.25) is 0 Å². The molecule has 0 fully saturated rings. The van der Waals surface area contributed by atoms with Crippen molar-refractivity contribution >= 4 is 11.7 Å². The Kier molecular flexibility index (Phi) is 3.46. The monoisotopic (exact) mass is 300 g/mol. The summed E-state index contributed by atoms with van der Waals surface area (Å²) in [6.07, 6.45) is 3.79. The van der Waals surface area contributed by atoms with Gasteiger partial charge in [-0.3, -0.25) is 15.1 Å². The van der Waals surface area contributed by atoms with E-state index in [-0.39, 0.29) is 17.4 Å². The average Bonchev–Trinajstić information content (AvgIpc) is 2.90. The number of carboxylic acid groups (broad SMARTS) is 1. The number of rotatable bonds is 4. The van der Waals surface area contributed by atoms with Gasteiger partial charge in [0.1, 0.15) is 11.9 Å². The van der Waals surface area contributed by atoms with Crippen LogP contribution < -0.4 is 4.74 Å². The fraction of sp³-hybridized carbons (Fsp3) is 0.200. The average molecular weight is 300 g/mol. The lowest BCUT2D eigenvalue weighted by Gasteiger charge is -2.14. The number of nitro benzene ring substituents is 1. The molecule has 1 heterocycles. The highest BCUT2D eigenvalue weighted by Crippen LogP contribution is 2.36. The first kappa shape index (κ1) is 14.0. The molecule has 0 radical (unpaired) electrons. The van der Waals surface area contributed by atoms with Gasteiger partial charge in [-0.25, -0.2) is 4.79 Å². The number of hydrogen-bond donors (Lipinski definition) is 1. The fourth-order valence-corrected chi connectivity index (χ4v) is 2.55. The van der Waals surface area contributed by atoms with Crippen LogP contribution in [-0.4, -0.2) is 21.0 Å². The van der Waals surface area contributed by atoms with Crippen LogP contribution in [0.15, 0.2) is 36.7 Å². The normalized spacial score (nSPS) is 16.1. The summed E-state index contributed by atoms with van der Waals surface area (Å²) in [6.45, 7) is 0. The van der Waals surface area contributed by atoms with E-state index in [0.717, 1.165) is 17.5 Å². The molecule has 0 saturated heterocycles. The molecule has 1 aromatic carbocycles. The van der Waals surface area contributed by atoms with Gasteiger partial charge in [0.05, 0.1) is 16.7 Å². The third-order valence-corrected chi connectivity index (χ3v) is 3.60. The Morgan fingerprint density at radius 3 is 2.91 bits per heavy atom. The van der Waals surface area contributed by atoms with Crippen molar-refractivity contribution in [3.8, 4) is 5.75 Å². The third-order valence-electron chi connectivity index (χ3n) is 3.60. The summed E-state index contributed by atoms with van der Waals surface area (Å²) in [7, 11) is 0. The van der Waals surface area contributed by atoms with Crippen molar-refractivity contribution in [2.45, 2.75) is 18.9 Å². The maximum atomic E-state index is 10.9. The maximum Gasteiger partial charge on any atom is 0.337 e. The number of carboxylic acids is 1. The smallest absolute Gasteiger partial charge is 0.337 e. The summed E-state index contributed by atoms with van der Waals surface area (Å²) in [5.41, 5.74) is 1.84. The summed E-state index contributed by atoms with van der Waals surface area (Å²) < 4.78 is 5.78. The third kappa shape index (κ3) is 2.60. The molecule has 0 amide bonds. The van der Waals surface area contributed by atoms with E-state index in [9.17, 15) is 14.9 Å². The van der Waals surface area contributed by atoms with Crippen molar-refractivity contribution in [2.75, 3.05) is 0 Å². The molecule has 0 bridgehead atoms. The van der Waals surface area contributed by atoms with Crippen LogP contribution in [0.25, 0.3) is 0 Å². The molecule has 1 unspecified atom stereocenters. The van der Waals surface area contributed by atoms with E-state index in [4.69, 9.17) is 9.84 Å². The highest BCUT2D eigenvalue weighted by molar-refractivity contribution is 5.87. The Bertz CT molecular complexity index is 759. The van der Waals surface area contributed by atoms with Crippen molar-refractivity contribution in [3.05, 3.63) is 63.5 Å². The second kappa shape index (κ2) is 5.44. The number of aromatic carboxylic acids is 1. The highest BCUT2D eigenvalue weighted by atomic mass is 16.6. The Labute approximate surface area is 125 Å². The van der Waals surface area contributed by atoms with Gasteiger partial charge >= 0.3 is 5.97 Å². The van der Waals surface area contributed by atoms with Crippen LogP contribution in [0.3, 0.4) is 0 Å². The fourth-order valence-electron chi connectivity index (χ4n) is 2.55. The van der Waals surface area contributed by atoms with Crippen molar-refractivity contribution in [1.82, 2.24) is 4.98 Å². The molecule has 7 nitrogen and oxygen atoms in total. The van der Waals surface area contributed by atoms with E-state index in [1.165, 1.54) is 30.6 Å². The topological polar surface area (TPSA) is 103 Å². The molecule has 0 saturated carbocycles. The van der Waals surface area contributed by atoms with Gasteiger partial charge in [0.2, 0.25) is 0 Å². The summed E-state index contributed by atoms with van der Waals surface area (Å²) in [5.74, 6) is -0.746. The first-order valence-corrected chi connectivity index (χ1v) is 6.67. The van der Waals surface area contributed by atoms with Gasteiger partial charge < -0.3 is 9.84 Å². The molecule has 1 N–H and O–H groups in total. The molecule has 112 valence electrons. The number of aromatic nitrogens is 1. The molecule has 3 rings (SSSR count). The van der Waals surface area contributed by atoms with E-state index >= 15 is 0 Å². The van der Waals surface area contributed by atoms with Gasteiger partial charge in [0, 0.05) is 23.9 Å². The number of fused-ring (bicyclic) bond motifs is 1. The quantitative estimate of drug-likeness (QED) is 0.688. The van der Waals surface area contributed by atoms with Crippen LogP contribution >= 0.6 is 0 Å². The van der Waals surface area contributed by atoms with Gasteiger partial charge in [-0.2, -0.15) is 0 Å². The molecule has 2 aromatic rings. The lowest BCUT2D eigenvalue weighted by Crippen LogP contribution is -2.05. The van der Waals surface area contributed by atoms with Gasteiger partial charge in [-0.1, -0.05) is 6.07 Å². The second-order valence-corrected chi connectivity index (χ2v) is 5.00. The summed E-state index contributed by atoms with van der Waals surface area (Å²) in [6, 6.07) is 6.13. The van der Waals surface area contributed by atoms with E-state index < -0.39 is 10.9 Å². The molecule has 1 aliphatic carbocycles. The number of benzene rings is 1. The number of nitro groups is 1. The van der Waals surface area contributed by atoms with Gasteiger partial charge in [0.15, 0.2) is 0 Å². The first-order valence-electron chi connectivity index (χ1n) is 6.67. The summed E-state index contributed by atoms with van der Waals surface area (Å²) >= 11 is 0. The Morgan fingerprint density at radius 2 is 2.18 bits per heavy atom. The number of hydrogen-bond acceptors (Lipinski definition) is 5. The Balaban J connectivity index is 1.87. The van der Waals surface area contributed by atoms with Gasteiger partial charge in [0.25, 0.3) is 5.69 Å². The number of pyridine rings is 1. The number of nitrogens with zero attached hydrogens (tertiary/aromatic N) is 2. The zero-order valence-electron chi connectivity index (χ0n) is 11.4. The van der Waals surface area contributed by atoms with Crippen LogP contribution in [-0.2, 0) is 6.42 Å². The van der Waals surface area contributed by atoms with Crippen molar-refractivity contribution in [2.24, 2.45) is 0 Å². The number of aryl methyl sites for hydroxylation is 1. The molecule has 1 atom stereocenters. The number of carbonyl (C=O) groups is 1. The Hall–Kier alpha value is -2.96. The lowest BCUT2D eigenvalue weighted by molar-refractivity contribution is -0.385. The molecular formula is C15H12N2O5. The molecular weight excluding hydrogens is 288 g/mol. The maximum absolute atomic E-state index is 10.9. The zero-order chi connectivity index (χ0) is 15.7. The van der Waals surface area contributed by atoms with Crippen molar-refractivity contribution < 1.29 is 19.6 Å². The standard InChI is InChI=1S/C15H12N2O5/c18-15(19)10-5-12(8-16-7-10)22-14-4-2-9-1-3-11(17(20)21)6-13(9)14/h1,3,5-8,14H,2,4H2,(H,18,19). The molecule has 1 aliphatic rings. The van der Waals surface area contributed by atoms with Crippen LogP contribution in [0.1, 0.15) is 34.0 Å². The second-order valence-electron chi connectivity index (χ2n) is 5.00. The first-order chi connectivity index (χ1) is 10.5. The molecule has 0 aliphatic heterocycles. The largest absolute Gasteiger partial charge is 0.484 e. The minimum absolute atomic E-state index is 0.0201. The molecule has 7 heteroatoms. The predicted molar refractivity (Wildman–Crippen MR) is 76.0 cm³/mol. The SMILES string of the molecule is O=C(O)c1cncc(OC2CCc3ccc([N+](=O)[O-])cc32)c1. The van der Waals surface area contributed by atoms with Gasteiger partial charge in [-0.05, 0) is 24.5 Å². The summed E-state index contributed by atoms with van der Waals surface area (Å²) in [5, 5.41) is 19.8. The Morgan fingerprint density at radius 1 is 1.36 bits per heavy atom. The predicted octanol–water partition coefficient (Wildman–Crippen LogP) is 2.75. The number of ether oxygens (including phenoxy) is 1. The highest BCUT2D eigenvalue weighted by Gasteiger charge is 2.26. The molecule has 22 heavy (non-hydrogen) atoms. The molecule has 1 aromatic heterocycles. The van der Waals surface area contributed by atoms with Gasteiger partial charge in [-0.15, -0.1) is 0 Å². The van der Waals surface area contributed by atoms with Crippen LogP contribution in [0.4, 0.5) is 5.69 Å². The van der Waals surface area contributed by atoms with E-state index in [0.29, 0.717) is 12.2 Å². The van der Waals surface area contributed by atoms with Crippen LogP contribution in [0.5, 0.6) is 5.75 Å². The van der Waals surface area contributed by atoms with E-state index in [1.807, 2.05) is 0 Å². The van der Waals surface area contributed by atoms with E-state index in [2.05, 4.69) is 4.98 Å². The van der Waals surface area contributed by atoms with E-state index in [1.54, 1.807) is 6.07 Å². The lowest BCUT2D eigenvalue weighted by atomic mass is 10.1. The van der Waals surface area contributed by atoms with Crippen molar-refractivity contribution in [3.63, 3.8) is 0 Å². The van der Waals surface area contributed by atoms with Crippen LogP contribution in [0, 0.1) is 10.1 Å². The molecule has 0 spiro atoms. The zero-order valence-corrected chi connectivity index (χ0v) is 11.4. The minimum atomic E-state index is -1.08. The number of non-ortho nitro benzene ring substituents is 1. The minimum Gasteiger partial charge on any atom is -0.484 e.